The molecule has 6 rings (SSSR count). The molecule has 2 aromatic carbocycles. The minimum atomic E-state index is -0.538. The number of nitriles is 1. The number of Topliss-reactive ketones (excluding diaryl/α,β-unsaturated/α-hetero) is 1. The summed E-state index contributed by atoms with van der Waals surface area (Å²) in [6, 6.07) is 19.2. The molecule has 3 fully saturated rings. The Morgan fingerprint density at radius 2 is 1.77 bits per heavy atom. The highest BCUT2D eigenvalue weighted by molar-refractivity contribution is 7.99. The van der Waals surface area contributed by atoms with Crippen LogP contribution in [0.25, 0.3) is 11.3 Å². The number of benzene rings is 2. The lowest BCUT2D eigenvalue weighted by Gasteiger charge is -2.57. The molecule has 4 heterocycles. The van der Waals surface area contributed by atoms with Crippen LogP contribution < -0.4 is 10.2 Å². The third-order valence-electron chi connectivity index (χ3n) is 8.07. The molecule has 0 aliphatic carbocycles. The third-order valence-corrected chi connectivity index (χ3v) is 9.31. The molecule has 1 aromatic heterocycles. The van der Waals surface area contributed by atoms with E-state index in [2.05, 4.69) is 49.0 Å². The van der Waals surface area contributed by atoms with Gasteiger partial charge in [-0.2, -0.15) is 17.0 Å². The quantitative estimate of drug-likeness (QED) is 0.365. The number of ketones is 1. The zero-order valence-corrected chi connectivity index (χ0v) is 22.5. The van der Waals surface area contributed by atoms with E-state index in [1.807, 2.05) is 18.2 Å². The van der Waals surface area contributed by atoms with Gasteiger partial charge in [0.2, 0.25) is 5.95 Å². The first-order chi connectivity index (χ1) is 19.1. The van der Waals surface area contributed by atoms with Crippen molar-refractivity contribution in [2.75, 3.05) is 34.8 Å². The summed E-state index contributed by atoms with van der Waals surface area (Å²) in [4.78, 5) is 25.9. The van der Waals surface area contributed by atoms with Crippen LogP contribution >= 0.6 is 11.8 Å². The molecule has 1 N–H and O–H groups in total. The summed E-state index contributed by atoms with van der Waals surface area (Å²) in [7, 11) is 0. The van der Waals surface area contributed by atoms with Crippen LogP contribution in [0.15, 0.2) is 54.7 Å². The monoisotopic (exact) mass is 542 g/mol. The van der Waals surface area contributed by atoms with Gasteiger partial charge in [0.05, 0.1) is 12.3 Å². The molecular weight excluding hydrogens is 511 g/mol. The highest BCUT2D eigenvalue weighted by atomic mass is 32.2. The molecule has 2 atom stereocenters. The van der Waals surface area contributed by atoms with E-state index >= 15 is 0 Å². The average molecular weight is 543 g/mol. The van der Waals surface area contributed by atoms with Gasteiger partial charge in [0.1, 0.15) is 5.69 Å². The molecule has 2 unspecified atom stereocenters. The molecule has 0 radical (unpaired) electrons. The fraction of sp³-hybridized carbons (Fsp3) is 0.400. The Hall–Kier alpha value is -3.48. The van der Waals surface area contributed by atoms with Crippen LogP contribution in [0.4, 0.5) is 21.7 Å². The Labute approximate surface area is 232 Å². The SMILES string of the molecule is N#CCCC(=O)c1ccc(-c2nc(Nc3ccc(N4CCC(N5C6CSCC5C6)CC4)cc3)ncc2F)cc1. The summed E-state index contributed by atoms with van der Waals surface area (Å²) >= 11 is 2.12. The number of carbonyl (C=O) groups is 1. The molecule has 3 aromatic rings. The highest BCUT2D eigenvalue weighted by Gasteiger charge is 2.45. The molecule has 0 saturated carbocycles. The van der Waals surface area contributed by atoms with E-state index in [-0.39, 0.29) is 24.3 Å². The number of halogens is 1. The van der Waals surface area contributed by atoms with E-state index in [4.69, 9.17) is 5.26 Å². The Morgan fingerprint density at radius 1 is 1.05 bits per heavy atom. The minimum Gasteiger partial charge on any atom is -0.371 e. The second-order valence-corrected chi connectivity index (χ2v) is 11.5. The predicted octanol–water partition coefficient (Wildman–Crippen LogP) is 5.67. The van der Waals surface area contributed by atoms with Crippen molar-refractivity contribution in [3.8, 4) is 17.3 Å². The van der Waals surface area contributed by atoms with Crippen LogP contribution in [0.2, 0.25) is 0 Å². The maximum absolute atomic E-state index is 14.6. The van der Waals surface area contributed by atoms with E-state index in [0.717, 1.165) is 43.1 Å². The molecule has 0 spiro atoms. The molecule has 2 bridgehead atoms. The van der Waals surface area contributed by atoms with Gasteiger partial charge in [-0.05, 0) is 43.5 Å². The lowest BCUT2D eigenvalue weighted by molar-refractivity contribution is -0.0152. The number of thioether (sulfide) groups is 1. The van der Waals surface area contributed by atoms with Crippen molar-refractivity contribution < 1.29 is 9.18 Å². The van der Waals surface area contributed by atoms with Crippen LogP contribution in [-0.2, 0) is 0 Å². The third kappa shape index (κ3) is 5.49. The Balaban J connectivity index is 1.07. The lowest BCUT2D eigenvalue weighted by atomic mass is 9.88. The van der Waals surface area contributed by atoms with Crippen LogP contribution in [0.5, 0.6) is 0 Å². The molecule has 0 amide bonds. The first-order valence-corrected chi connectivity index (χ1v) is 14.7. The number of rotatable bonds is 8. The second kappa shape index (κ2) is 11.3. The van der Waals surface area contributed by atoms with Gasteiger partial charge < -0.3 is 10.2 Å². The van der Waals surface area contributed by atoms with E-state index in [1.54, 1.807) is 24.3 Å². The fourth-order valence-corrected chi connectivity index (χ4v) is 7.32. The van der Waals surface area contributed by atoms with Gasteiger partial charge >= 0.3 is 0 Å². The first kappa shape index (κ1) is 25.8. The van der Waals surface area contributed by atoms with Crippen LogP contribution in [0.1, 0.15) is 42.5 Å². The van der Waals surface area contributed by atoms with Gasteiger partial charge in [0, 0.05) is 78.1 Å². The first-order valence-electron chi connectivity index (χ1n) is 13.6. The molecule has 39 heavy (non-hydrogen) atoms. The van der Waals surface area contributed by atoms with E-state index in [1.165, 1.54) is 36.5 Å². The largest absolute Gasteiger partial charge is 0.371 e. The van der Waals surface area contributed by atoms with Crippen LogP contribution in [-0.4, -0.2) is 63.4 Å². The zero-order chi connectivity index (χ0) is 26.8. The molecule has 9 heteroatoms. The summed E-state index contributed by atoms with van der Waals surface area (Å²) in [5, 5.41) is 11.9. The van der Waals surface area contributed by atoms with Crippen molar-refractivity contribution in [1.29, 1.82) is 5.26 Å². The molecule has 200 valence electrons. The number of hydrogen-bond acceptors (Lipinski definition) is 8. The summed E-state index contributed by atoms with van der Waals surface area (Å²) < 4.78 is 14.6. The Bertz CT molecular complexity index is 1350. The maximum Gasteiger partial charge on any atom is 0.227 e. The van der Waals surface area contributed by atoms with Gasteiger partial charge in [-0.15, -0.1) is 0 Å². The topological polar surface area (TPSA) is 85.1 Å². The van der Waals surface area contributed by atoms with Crippen LogP contribution in [0, 0.1) is 17.1 Å². The van der Waals surface area contributed by atoms with Gasteiger partial charge in [0.25, 0.3) is 0 Å². The number of piperidine rings is 1. The second-order valence-electron chi connectivity index (χ2n) is 10.5. The average Bonchev–Trinajstić information content (AvgIpc) is 2.98. The normalized spacial score (nSPS) is 21.2. The van der Waals surface area contributed by atoms with Crippen molar-refractivity contribution in [2.24, 2.45) is 0 Å². The lowest BCUT2D eigenvalue weighted by Crippen LogP contribution is -2.66. The number of anilines is 3. The van der Waals surface area contributed by atoms with Crippen molar-refractivity contribution in [2.45, 2.75) is 50.2 Å². The van der Waals surface area contributed by atoms with Gasteiger partial charge in [-0.1, -0.05) is 24.3 Å². The van der Waals surface area contributed by atoms with Crippen LogP contribution in [0.3, 0.4) is 0 Å². The molecule has 7 nitrogen and oxygen atoms in total. The van der Waals surface area contributed by atoms with Gasteiger partial charge in [-0.25, -0.2) is 14.4 Å². The molecule has 3 saturated heterocycles. The van der Waals surface area contributed by atoms with Crippen molar-refractivity contribution in [3.63, 3.8) is 0 Å². The minimum absolute atomic E-state index is 0.112. The van der Waals surface area contributed by atoms with Gasteiger partial charge in [-0.3, -0.25) is 9.69 Å². The van der Waals surface area contributed by atoms with Crippen molar-refractivity contribution in [3.05, 3.63) is 66.1 Å². The highest BCUT2D eigenvalue weighted by Crippen LogP contribution is 2.40. The Kier molecular flexibility index (Phi) is 7.49. The summed E-state index contributed by atoms with van der Waals surface area (Å²) in [5.41, 5.74) is 3.24. The van der Waals surface area contributed by atoms with Crippen molar-refractivity contribution in [1.82, 2.24) is 14.9 Å². The maximum atomic E-state index is 14.6. The summed E-state index contributed by atoms with van der Waals surface area (Å²) in [6.07, 6.45) is 5.34. The smallest absolute Gasteiger partial charge is 0.227 e. The van der Waals surface area contributed by atoms with Gasteiger partial charge in [0.15, 0.2) is 11.6 Å². The van der Waals surface area contributed by atoms with E-state index in [0.29, 0.717) is 17.1 Å². The molecule has 3 aliphatic heterocycles. The number of nitrogens with zero attached hydrogens (tertiary/aromatic N) is 5. The number of carbonyl (C=O) groups excluding carboxylic acids is 1. The number of fused-ring (bicyclic) bond motifs is 2. The fourth-order valence-electron chi connectivity index (χ4n) is 6.03. The summed E-state index contributed by atoms with van der Waals surface area (Å²) in [6.45, 7) is 2.15. The van der Waals surface area contributed by atoms with E-state index in [9.17, 15) is 9.18 Å². The zero-order valence-electron chi connectivity index (χ0n) is 21.7. The number of hydrogen-bond donors (Lipinski definition) is 1. The van der Waals surface area contributed by atoms with Crippen molar-refractivity contribution >= 4 is 34.9 Å². The number of aromatic nitrogens is 2. The number of nitrogens with one attached hydrogen (secondary N) is 1. The Morgan fingerprint density at radius 3 is 2.44 bits per heavy atom. The summed E-state index contributed by atoms with van der Waals surface area (Å²) in [5.74, 6) is 2.26. The standard InChI is InChI=1S/C30H31FN6OS/c31-27-17-33-30(35-29(27)21-5-3-20(4-6-21)28(38)2-1-13-32)34-22-7-9-23(10-8-22)36-14-11-24(12-15-36)37-25-16-26(37)19-39-18-25/h3-10,17,24-26H,1-2,11-12,14-16,18-19H2,(H,33,34,35). The van der Waals surface area contributed by atoms with E-state index < -0.39 is 5.82 Å². The molecule has 3 aliphatic rings. The predicted molar refractivity (Wildman–Crippen MR) is 153 cm³/mol. The molecular formula is C30H31FN6OS.